The lowest BCUT2D eigenvalue weighted by Gasteiger charge is -2.07. The maximum absolute atomic E-state index is 10.9. The zero-order valence-electron chi connectivity index (χ0n) is 10.4. The van der Waals surface area contributed by atoms with Crippen molar-refractivity contribution in [1.82, 2.24) is 4.98 Å². The average molecular weight is 262 g/mol. The van der Waals surface area contributed by atoms with Crippen LogP contribution >= 0.6 is 11.3 Å². The van der Waals surface area contributed by atoms with Crippen molar-refractivity contribution in [1.29, 1.82) is 0 Å². The largest absolute Gasteiger partial charge is 0.478 e. The number of nitrogens with one attached hydrogen (secondary N) is 1. The maximum atomic E-state index is 10.9. The van der Waals surface area contributed by atoms with Crippen LogP contribution in [0.25, 0.3) is 0 Å². The van der Waals surface area contributed by atoms with E-state index in [0.717, 1.165) is 27.0 Å². The molecule has 1 aromatic carbocycles. The number of aryl methyl sites for hydroxylation is 3. The lowest BCUT2D eigenvalue weighted by atomic mass is 10.1. The van der Waals surface area contributed by atoms with Crippen molar-refractivity contribution in [2.75, 3.05) is 5.32 Å². The van der Waals surface area contributed by atoms with Crippen LogP contribution in [0.15, 0.2) is 18.2 Å². The molecule has 0 atom stereocenters. The standard InChI is InChI=1S/C13H14N2O2S/c1-7-4-5-10(12(16)17)6-11(7)15-13-14-8(2)9(3)18-13/h4-6H,1-3H3,(H,14,15)(H,16,17). The van der Waals surface area contributed by atoms with Crippen molar-refractivity contribution in [2.24, 2.45) is 0 Å². The van der Waals surface area contributed by atoms with Crippen molar-refractivity contribution in [3.05, 3.63) is 39.9 Å². The van der Waals surface area contributed by atoms with Gasteiger partial charge in [-0.25, -0.2) is 9.78 Å². The Morgan fingerprint density at radius 3 is 2.61 bits per heavy atom. The molecule has 94 valence electrons. The van der Waals surface area contributed by atoms with E-state index in [-0.39, 0.29) is 5.56 Å². The molecule has 2 rings (SSSR count). The number of thiazole rings is 1. The van der Waals surface area contributed by atoms with Crippen LogP contribution in [-0.2, 0) is 0 Å². The summed E-state index contributed by atoms with van der Waals surface area (Å²) in [7, 11) is 0. The van der Waals surface area contributed by atoms with Crippen molar-refractivity contribution >= 4 is 28.1 Å². The number of anilines is 2. The van der Waals surface area contributed by atoms with Crippen LogP contribution in [0.5, 0.6) is 0 Å². The normalized spacial score (nSPS) is 10.4. The summed E-state index contributed by atoms with van der Waals surface area (Å²) in [6.07, 6.45) is 0. The Kier molecular flexibility index (Phi) is 3.34. The van der Waals surface area contributed by atoms with E-state index in [1.54, 1.807) is 29.5 Å². The number of aromatic nitrogens is 1. The molecule has 1 aromatic heterocycles. The number of aromatic carboxylic acids is 1. The van der Waals surface area contributed by atoms with E-state index >= 15 is 0 Å². The predicted octanol–water partition coefficient (Wildman–Crippen LogP) is 3.51. The monoisotopic (exact) mass is 262 g/mol. The molecule has 18 heavy (non-hydrogen) atoms. The summed E-state index contributed by atoms with van der Waals surface area (Å²) in [5.74, 6) is -0.926. The smallest absolute Gasteiger partial charge is 0.335 e. The van der Waals surface area contributed by atoms with Crippen molar-refractivity contribution in [3.63, 3.8) is 0 Å². The van der Waals surface area contributed by atoms with E-state index in [2.05, 4.69) is 10.3 Å². The summed E-state index contributed by atoms with van der Waals surface area (Å²) >= 11 is 1.56. The highest BCUT2D eigenvalue weighted by Gasteiger charge is 2.09. The highest BCUT2D eigenvalue weighted by molar-refractivity contribution is 7.15. The second-order valence-electron chi connectivity index (χ2n) is 4.12. The van der Waals surface area contributed by atoms with Crippen molar-refractivity contribution in [3.8, 4) is 0 Å². The summed E-state index contributed by atoms with van der Waals surface area (Å²) < 4.78 is 0. The molecule has 0 fully saturated rings. The molecule has 0 saturated carbocycles. The lowest BCUT2D eigenvalue weighted by Crippen LogP contribution is -1.99. The Bertz CT molecular complexity index is 586. The third-order valence-electron chi connectivity index (χ3n) is 2.75. The van der Waals surface area contributed by atoms with Gasteiger partial charge in [-0.15, -0.1) is 11.3 Å². The first-order valence-electron chi connectivity index (χ1n) is 5.52. The predicted molar refractivity (Wildman–Crippen MR) is 73.0 cm³/mol. The number of carbonyl (C=O) groups is 1. The van der Waals surface area contributed by atoms with Crippen LogP contribution in [-0.4, -0.2) is 16.1 Å². The quantitative estimate of drug-likeness (QED) is 0.888. The molecule has 0 aliphatic rings. The van der Waals surface area contributed by atoms with Crippen LogP contribution < -0.4 is 5.32 Å². The molecule has 0 unspecified atom stereocenters. The number of carboxylic acids is 1. The highest BCUT2D eigenvalue weighted by atomic mass is 32.1. The van der Waals surface area contributed by atoms with Gasteiger partial charge in [0.2, 0.25) is 0 Å². The lowest BCUT2D eigenvalue weighted by molar-refractivity contribution is 0.0697. The van der Waals surface area contributed by atoms with Crippen LogP contribution in [0.2, 0.25) is 0 Å². The number of nitrogens with zero attached hydrogens (tertiary/aromatic N) is 1. The van der Waals surface area contributed by atoms with Gasteiger partial charge in [0.05, 0.1) is 11.3 Å². The molecular formula is C13H14N2O2S. The summed E-state index contributed by atoms with van der Waals surface area (Å²) in [5.41, 5.74) is 3.04. The summed E-state index contributed by atoms with van der Waals surface area (Å²) in [5, 5.41) is 12.9. The topological polar surface area (TPSA) is 62.2 Å². The van der Waals surface area contributed by atoms with Crippen molar-refractivity contribution < 1.29 is 9.90 Å². The molecule has 5 heteroatoms. The number of hydrogen-bond donors (Lipinski definition) is 2. The number of rotatable bonds is 3. The van der Waals surface area contributed by atoms with Crippen LogP contribution in [0.4, 0.5) is 10.8 Å². The molecule has 1 heterocycles. The minimum Gasteiger partial charge on any atom is -0.478 e. The van der Waals surface area contributed by atoms with Gasteiger partial charge in [0, 0.05) is 10.6 Å². The number of hydrogen-bond acceptors (Lipinski definition) is 4. The average Bonchev–Trinajstić information content (AvgIpc) is 2.61. The third-order valence-corrected chi connectivity index (χ3v) is 3.74. The fraction of sp³-hybridized carbons (Fsp3) is 0.231. The van der Waals surface area contributed by atoms with Gasteiger partial charge in [0.1, 0.15) is 0 Å². The Balaban J connectivity index is 2.33. The Hall–Kier alpha value is -1.88. The van der Waals surface area contributed by atoms with E-state index in [4.69, 9.17) is 5.11 Å². The first-order valence-corrected chi connectivity index (χ1v) is 6.34. The van der Waals surface area contributed by atoms with Crippen molar-refractivity contribution in [2.45, 2.75) is 20.8 Å². The van der Waals surface area contributed by atoms with Gasteiger partial charge in [-0.2, -0.15) is 0 Å². The maximum Gasteiger partial charge on any atom is 0.335 e. The van der Waals surface area contributed by atoms with E-state index in [1.807, 2.05) is 20.8 Å². The summed E-state index contributed by atoms with van der Waals surface area (Å²) in [6.45, 7) is 5.90. The fourth-order valence-electron chi connectivity index (χ4n) is 1.53. The molecular weight excluding hydrogens is 248 g/mol. The van der Waals surface area contributed by atoms with Crippen LogP contribution in [0, 0.1) is 20.8 Å². The van der Waals surface area contributed by atoms with Gasteiger partial charge < -0.3 is 10.4 Å². The van der Waals surface area contributed by atoms with E-state index in [9.17, 15) is 4.79 Å². The Morgan fingerprint density at radius 2 is 2.06 bits per heavy atom. The minimum atomic E-state index is -0.926. The van der Waals surface area contributed by atoms with Gasteiger partial charge in [0.25, 0.3) is 0 Å². The Labute approximate surface area is 109 Å². The Morgan fingerprint density at radius 1 is 1.33 bits per heavy atom. The van der Waals surface area contributed by atoms with Gasteiger partial charge in [0.15, 0.2) is 5.13 Å². The molecule has 0 aliphatic carbocycles. The zero-order chi connectivity index (χ0) is 13.3. The van der Waals surface area contributed by atoms with Crippen LogP contribution in [0.3, 0.4) is 0 Å². The van der Waals surface area contributed by atoms with E-state index in [1.165, 1.54) is 0 Å². The number of carboxylic acid groups (broad SMARTS) is 1. The van der Waals surface area contributed by atoms with Gasteiger partial charge in [-0.05, 0) is 38.5 Å². The first kappa shape index (κ1) is 12.6. The zero-order valence-corrected chi connectivity index (χ0v) is 11.3. The van der Waals surface area contributed by atoms with Gasteiger partial charge in [-0.1, -0.05) is 6.07 Å². The second kappa shape index (κ2) is 4.78. The first-order chi connectivity index (χ1) is 8.47. The molecule has 0 radical (unpaired) electrons. The second-order valence-corrected chi connectivity index (χ2v) is 5.32. The number of benzene rings is 1. The van der Waals surface area contributed by atoms with Gasteiger partial charge in [-0.3, -0.25) is 0 Å². The van der Waals surface area contributed by atoms with E-state index < -0.39 is 5.97 Å². The van der Waals surface area contributed by atoms with Gasteiger partial charge >= 0.3 is 5.97 Å². The van der Waals surface area contributed by atoms with Crippen LogP contribution in [0.1, 0.15) is 26.5 Å². The highest BCUT2D eigenvalue weighted by Crippen LogP contribution is 2.27. The minimum absolute atomic E-state index is 0.271. The molecule has 2 N–H and O–H groups in total. The molecule has 0 spiro atoms. The fourth-order valence-corrected chi connectivity index (χ4v) is 2.36. The molecule has 0 saturated heterocycles. The molecule has 0 aliphatic heterocycles. The molecule has 2 aromatic rings. The molecule has 0 bridgehead atoms. The summed E-state index contributed by atoms with van der Waals surface area (Å²) in [4.78, 5) is 16.5. The molecule has 4 nitrogen and oxygen atoms in total. The molecule has 0 amide bonds. The third kappa shape index (κ3) is 2.51. The SMILES string of the molecule is Cc1ccc(C(=O)O)cc1Nc1nc(C)c(C)s1. The van der Waals surface area contributed by atoms with E-state index in [0.29, 0.717) is 0 Å². The summed E-state index contributed by atoms with van der Waals surface area (Å²) in [6, 6.07) is 5.02.